The monoisotopic (exact) mass is 286 g/mol. The summed E-state index contributed by atoms with van der Waals surface area (Å²) in [5.41, 5.74) is 0.0493. The minimum absolute atomic E-state index is 0.0493. The van der Waals surface area contributed by atoms with Crippen LogP contribution in [0.4, 0.5) is 8.78 Å². The maximum Gasteiger partial charge on any atom is 0.387 e. The van der Waals surface area contributed by atoms with Gasteiger partial charge in [0.25, 0.3) is 5.91 Å². The zero-order valence-corrected chi connectivity index (χ0v) is 10.7. The lowest BCUT2D eigenvalue weighted by Gasteiger charge is -2.15. The van der Waals surface area contributed by atoms with Gasteiger partial charge in [0.05, 0.1) is 11.7 Å². The Morgan fingerprint density at radius 3 is 2.85 bits per heavy atom. The molecule has 1 saturated heterocycles. The molecular formula is C13H16F2N2O3. The van der Waals surface area contributed by atoms with Gasteiger partial charge in [-0.25, -0.2) is 0 Å². The Balaban J connectivity index is 1.98. The Morgan fingerprint density at radius 2 is 2.20 bits per heavy atom. The third kappa shape index (κ3) is 3.64. The van der Waals surface area contributed by atoms with Gasteiger partial charge in [-0.15, -0.1) is 0 Å². The highest BCUT2D eigenvalue weighted by atomic mass is 19.3. The summed E-state index contributed by atoms with van der Waals surface area (Å²) in [6.07, 6.45) is -0.511. The average molecular weight is 286 g/mol. The van der Waals surface area contributed by atoms with Crippen molar-refractivity contribution in [1.29, 1.82) is 0 Å². The summed E-state index contributed by atoms with van der Waals surface area (Å²) in [7, 11) is 0. The quantitative estimate of drug-likeness (QED) is 0.741. The number of hydrogen-bond acceptors (Lipinski definition) is 4. The number of halogens is 2. The predicted molar refractivity (Wildman–Crippen MR) is 67.8 cm³/mol. The summed E-state index contributed by atoms with van der Waals surface area (Å²) >= 11 is 0. The molecule has 0 spiro atoms. The van der Waals surface area contributed by atoms with Gasteiger partial charge < -0.3 is 20.5 Å². The zero-order chi connectivity index (χ0) is 14.5. The largest absolute Gasteiger partial charge is 0.434 e. The van der Waals surface area contributed by atoms with Crippen molar-refractivity contribution in [3.8, 4) is 5.75 Å². The van der Waals surface area contributed by atoms with Crippen molar-refractivity contribution in [2.24, 2.45) is 5.92 Å². The van der Waals surface area contributed by atoms with E-state index in [9.17, 15) is 18.7 Å². The Kier molecular flexibility index (Phi) is 4.86. The molecule has 110 valence electrons. The molecule has 0 saturated carbocycles. The molecule has 2 rings (SSSR count). The molecule has 7 heteroatoms. The van der Waals surface area contributed by atoms with Crippen LogP contribution in [0.3, 0.4) is 0 Å². The van der Waals surface area contributed by atoms with E-state index in [1.807, 2.05) is 0 Å². The first-order valence-electron chi connectivity index (χ1n) is 6.28. The van der Waals surface area contributed by atoms with Gasteiger partial charge in [0.2, 0.25) is 0 Å². The molecule has 1 aliphatic heterocycles. The van der Waals surface area contributed by atoms with Gasteiger partial charge >= 0.3 is 6.61 Å². The van der Waals surface area contributed by atoms with E-state index >= 15 is 0 Å². The Hall–Kier alpha value is -1.73. The highest BCUT2D eigenvalue weighted by Gasteiger charge is 2.25. The highest BCUT2D eigenvalue weighted by Crippen LogP contribution is 2.20. The van der Waals surface area contributed by atoms with Crippen molar-refractivity contribution in [3.05, 3.63) is 29.8 Å². The number of carbonyl (C=O) groups is 1. The minimum atomic E-state index is -2.98. The maximum atomic E-state index is 12.3. The molecule has 0 radical (unpaired) electrons. The van der Waals surface area contributed by atoms with E-state index in [1.165, 1.54) is 18.2 Å². The number of aliphatic hydroxyl groups is 1. The second-order valence-electron chi connectivity index (χ2n) is 4.57. The molecule has 1 fully saturated rings. The molecule has 2 unspecified atom stereocenters. The number of nitrogens with one attached hydrogen (secondary N) is 2. The fourth-order valence-corrected chi connectivity index (χ4v) is 2.10. The molecule has 1 heterocycles. The number of β-amino-alcohol motifs (C(OH)–C–C–N with tert-alkyl or cyclic N) is 1. The van der Waals surface area contributed by atoms with Crippen LogP contribution in [-0.2, 0) is 0 Å². The lowest BCUT2D eigenvalue weighted by molar-refractivity contribution is -0.0501. The molecule has 1 amide bonds. The van der Waals surface area contributed by atoms with E-state index in [1.54, 1.807) is 6.07 Å². The van der Waals surface area contributed by atoms with Gasteiger partial charge in [-0.1, -0.05) is 12.1 Å². The maximum absolute atomic E-state index is 12.3. The first kappa shape index (κ1) is 14.7. The minimum Gasteiger partial charge on any atom is -0.434 e. The fraction of sp³-hybridized carbons (Fsp3) is 0.462. The van der Waals surface area contributed by atoms with E-state index in [0.717, 1.165) is 0 Å². The number of amides is 1. The van der Waals surface area contributed by atoms with Crippen LogP contribution in [-0.4, -0.2) is 43.4 Å². The van der Waals surface area contributed by atoms with Crippen molar-refractivity contribution in [3.63, 3.8) is 0 Å². The van der Waals surface area contributed by atoms with E-state index in [2.05, 4.69) is 15.4 Å². The number of hydrogen-bond donors (Lipinski definition) is 3. The number of rotatable bonds is 5. The van der Waals surface area contributed by atoms with Gasteiger partial charge in [-0.2, -0.15) is 8.78 Å². The summed E-state index contributed by atoms with van der Waals surface area (Å²) in [6.45, 7) is -1.61. The van der Waals surface area contributed by atoms with Gasteiger partial charge in [0, 0.05) is 25.6 Å². The molecule has 0 aliphatic carbocycles. The Labute approximate surface area is 114 Å². The number of alkyl halides is 2. The van der Waals surface area contributed by atoms with Crippen LogP contribution >= 0.6 is 0 Å². The fourth-order valence-electron chi connectivity index (χ4n) is 2.10. The lowest BCUT2D eigenvalue weighted by Crippen LogP contribution is -2.34. The predicted octanol–water partition coefficient (Wildman–Crippen LogP) is 0.598. The van der Waals surface area contributed by atoms with Crippen LogP contribution in [0.25, 0.3) is 0 Å². The second kappa shape index (κ2) is 6.62. The summed E-state index contributed by atoms with van der Waals surface area (Å²) in [5.74, 6) is -0.743. The van der Waals surface area contributed by atoms with Gasteiger partial charge in [-0.05, 0) is 12.1 Å². The lowest BCUT2D eigenvalue weighted by atomic mass is 10.1. The van der Waals surface area contributed by atoms with Crippen molar-refractivity contribution in [2.75, 3.05) is 19.6 Å². The number of carbonyl (C=O) groups excluding carboxylic acids is 1. The Morgan fingerprint density at radius 1 is 1.45 bits per heavy atom. The van der Waals surface area contributed by atoms with E-state index < -0.39 is 18.6 Å². The van der Waals surface area contributed by atoms with Crippen LogP contribution in [0.5, 0.6) is 5.75 Å². The summed E-state index contributed by atoms with van der Waals surface area (Å²) in [6, 6.07) is 5.81. The van der Waals surface area contributed by atoms with E-state index in [4.69, 9.17) is 0 Å². The van der Waals surface area contributed by atoms with Crippen LogP contribution in [0.2, 0.25) is 0 Å². The normalized spacial score (nSPS) is 22.0. The molecular weight excluding hydrogens is 270 g/mol. The van der Waals surface area contributed by atoms with Crippen LogP contribution in [0.15, 0.2) is 24.3 Å². The molecule has 5 nitrogen and oxygen atoms in total. The third-order valence-corrected chi connectivity index (χ3v) is 3.18. The summed E-state index contributed by atoms with van der Waals surface area (Å²) in [4.78, 5) is 12.0. The van der Waals surface area contributed by atoms with E-state index in [0.29, 0.717) is 13.1 Å². The first-order chi connectivity index (χ1) is 9.58. The SMILES string of the molecule is O=C(NCC1CNCC1O)c1ccccc1OC(F)F. The van der Waals surface area contributed by atoms with Crippen molar-refractivity contribution >= 4 is 5.91 Å². The summed E-state index contributed by atoms with van der Waals surface area (Å²) < 4.78 is 28.8. The van der Waals surface area contributed by atoms with Crippen LogP contribution < -0.4 is 15.4 Å². The molecule has 3 N–H and O–H groups in total. The molecule has 1 aliphatic rings. The molecule has 2 atom stereocenters. The zero-order valence-electron chi connectivity index (χ0n) is 10.7. The number of para-hydroxylation sites is 1. The average Bonchev–Trinajstić information content (AvgIpc) is 2.81. The van der Waals surface area contributed by atoms with Gasteiger partial charge in [0.15, 0.2) is 0 Å². The second-order valence-corrected chi connectivity index (χ2v) is 4.57. The standard InChI is InChI=1S/C13H16F2N2O3/c14-13(15)20-11-4-2-1-3-9(11)12(19)17-6-8-5-16-7-10(8)18/h1-4,8,10,13,16,18H,5-7H2,(H,17,19). The third-order valence-electron chi connectivity index (χ3n) is 3.18. The van der Waals surface area contributed by atoms with E-state index in [-0.39, 0.29) is 23.8 Å². The van der Waals surface area contributed by atoms with Crippen molar-refractivity contribution in [2.45, 2.75) is 12.7 Å². The van der Waals surface area contributed by atoms with Crippen LogP contribution in [0, 0.1) is 5.92 Å². The number of ether oxygens (including phenoxy) is 1. The van der Waals surface area contributed by atoms with Crippen molar-refractivity contribution < 1.29 is 23.4 Å². The van der Waals surface area contributed by atoms with Crippen LogP contribution in [0.1, 0.15) is 10.4 Å². The molecule has 20 heavy (non-hydrogen) atoms. The molecule has 1 aromatic carbocycles. The van der Waals surface area contributed by atoms with Gasteiger partial charge in [-0.3, -0.25) is 4.79 Å². The first-order valence-corrected chi connectivity index (χ1v) is 6.28. The summed E-state index contributed by atoms with van der Waals surface area (Å²) in [5, 5.41) is 15.2. The topological polar surface area (TPSA) is 70.6 Å². The highest BCUT2D eigenvalue weighted by molar-refractivity contribution is 5.96. The van der Waals surface area contributed by atoms with Gasteiger partial charge in [0.1, 0.15) is 5.75 Å². The number of benzene rings is 1. The smallest absolute Gasteiger partial charge is 0.387 e. The molecule has 0 aromatic heterocycles. The Bertz CT molecular complexity index is 471. The molecule has 0 bridgehead atoms. The molecule has 1 aromatic rings. The number of aliphatic hydroxyl groups excluding tert-OH is 1. The van der Waals surface area contributed by atoms with Crippen molar-refractivity contribution in [1.82, 2.24) is 10.6 Å².